The average molecular weight is 609 g/mol. The molecule has 16 heteroatoms. The van der Waals surface area contributed by atoms with E-state index in [0.29, 0.717) is 45.9 Å². The first-order valence-corrected chi connectivity index (χ1v) is 15.1. The number of benzene rings is 1. The minimum atomic E-state index is -2.01. The molecule has 3 aromatic rings. The highest BCUT2D eigenvalue weighted by atomic mass is 32.1. The number of thiazole rings is 1. The van der Waals surface area contributed by atoms with Crippen LogP contribution in [0, 0.1) is 11.8 Å². The molecule has 222 valence electrons. The normalized spacial score (nSPS) is 15.5. The van der Waals surface area contributed by atoms with Gasteiger partial charge in [0.1, 0.15) is 9.88 Å². The third-order valence-corrected chi connectivity index (χ3v) is 8.43. The van der Waals surface area contributed by atoms with E-state index in [9.17, 15) is 19.5 Å². The number of aliphatic hydroxyl groups excluding tert-OH is 1. The van der Waals surface area contributed by atoms with E-state index in [0.717, 1.165) is 32.1 Å². The molecular formula is C28H30B3N7O5S. The summed E-state index contributed by atoms with van der Waals surface area (Å²) in [6.45, 7) is 1.43. The minimum absolute atomic E-state index is 0.0755. The van der Waals surface area contributed by atoms with Crippen molar-refractivity contribution in [3.05, 3.63) is 41.0 Å². The Hall–Kier alpha value is -3.91. The van der Waals surface area contributed by atoms with E-state index >= 15 is 0 Å². The summed E-state index contributed by atoms with van der Waals surface area (Å²) in [6.07, 6.45) is 5.63. The summed E-state index contributed by atoms with van der Waals surface area (Å²) in [4.78, 5) is 45.4. The molecule has 12 nitrogen and oxygen atoms in total. The van der Waals surface area contributed by atoms with Crippen molar-refractivity contribution in [1.82, 2.24) is 25.4 Å². The molecule has 2 aromatic heterocycles. The number of anilines is 3. The monoisotopic (exact) mass is 609 g/mol. The Kier molecular flexibility index (Phi) is 9.59. The Bertz CT molecular complexity index is 1540. The van der Waals surface area contributed by atoms with Gasteiger partial charge in [-0.25, -0.2) is 4.98 Å². The van der Waals surface area contributed by atoms with Crippen molar-refractivity contribution in [3.8, 4) is 16.3 Å². The van der Waals surface area contributed by atoms with Gasteiger partial charge < -0.3 is 30.7 Å². The molecule has 0 atom stereocenters. The van der Waals surface area contributed by atoms with Gasteiger partial charge >= 0.3 is 0 Å². The maximum atomic E-state index is 13.2. The summed E-state index contributed by atoms with van der Waals surface area (Å²) in [7, 11) is 18.2. The minimum Gasteiger partial charge on any atom is -0.494 e. The molecule has 2 fully saturated rings. The molecule has 1 saturated heterocycles. The number of hydrogen-bond acceptors (Lipinski definition) is 10. The van der Waals surface area contributed by atoms with Crippen LogP contribution in [0.15, 0.2) is 30.5 Å². The molecule has 0 spiro atoms. The standard InChI is InChI=1S/C28H30B3N7O5S/c1-43-23-17(26-32-14-20(44-26)27(42)38-10-7-15(8-11-38)9-12-39)3-2-4-18(23)33-19-13-21(34-24(40)16-5-6-16)36-37-22(19)25(41)35-28(29,30)31/h2-4,13-16,39H,5-12H2,1H3,(H,35,41)(H2,33,34,36,40). The molecule has 0 unspecified atom stereocenters. The van der Waals surface area contributed by atoms with Gasteiger partial charge in [0, 0.05) is 31.7 Å². The number of carbonyl (C=O) groups excluding carboxylic acids is 3. The number of nitrogens with zero attached hydrogens (tertiary/aromatic N) is 4. The number of para-hydroxylation sites is 1. The summed E-state index contributed by atoms with van der Waals surface area (Å²) in [5, 5.41) is 23.8. The van der Waals surface area contributed by atoms with Crippen molar-refractivity contribution in [2.45, 2.75) is 37.3 Å². The number of piperidine rings is 1. The van der Waals surface area contributed by atoms with E-state index in [1.165, 1.54) is 24.5 Å². The molecule has 2 aliphatic rings. The van der Waals surface area contributed by atoms with E-state index in [-0.39, 0.29) is 41.5 Å². The second kappa shape index (κ2) is 13.4. The first-order valence-electron chi connectivity index (χ1n) is 14.2. The Morgan fingerprint density at radius 1 is 1.11 bits per heavy atom. The molecule has 0 bridgehead atoms. The van der Waals surface area contributed by atoms with Crippen LogP contribution in [0.2, 0.25) is 0 Å². The Labute approximate surface area is 263 Å². The molecular weight excluding hydrogens is 579 g/mol. The van der Waals surface area contributed by atoms with Gasteiger partial charge in [-0.05, 0) is 50.2 Å². The SMILES string of the molecule is [B]C([B])([B])NC(=O)c1nnc(NC(=O)C2CC2)cc1Nc1cccc(-c2ncc(C(=O)N3CCC(CCO)CC3)s2)c1OC. The molecule has 3 amide bonds. The lowest BCUT2D eigenvalue weighted by Gasteiger charge is -2.31. The van der Waals surface area contributed by atoms with Crippen LogP contribution in [0.3, 0.4) is 0 Å². The summed E-state index contributed by atoms with van der Waals surface area (Å²) in [5.41, 5.74) is 1.05. The fourth-order valence-corrected chi connectivity index (χ4v) is 5.88. The summed E-state index contributed by atoms with van der Waals surface area (Å²) >= 11 is 1.25. The number of hydrogen-bond donors (Lipinski definition) is 4. The third-order valence-electron chi connectivity index (χ3n) is 7.41. The first kappa shape index (κ1) is 31.5. The van der Waals surface area contributed by atoms with Gasteiger partial charge in [-0.15, -0.1) is 21.5 Å². The maximum Gasteiger partial charge on any atom is 0.272 e. The van der Waals surface area contributed by atoms with Crippen LogP contribution in [-0.2, 0) is 4.79 Å². The summed E-state index contributed by atoms with van der Waals surface area (Å²) in [6, 6.07) is 6.76. The number of rotatable bonds is 11. The van der Waals surface area contributed by atoms with Gasteiger partial charge in [-0.3, -0.25) is 14.4 Å². The third kappa shape index (κ3) is 7.59. The number of nitrogens with one attached hydrogen (secondary N) is 3. The predicted octanol–water partition coefficient (Wildman–Crippen LogP) is 1.78. The quantitative estimate of drug-likeness (QED) is 0.238. The van der Waals surface area contributed by atoms with Crippen LogP contribution in [0.1, 0.15) is 52.3 Å². The topological polar surface area (TPSA) is 159 Å². The van der Waals surface area contributed by atoms with E-state index in [1.807, 2.05) is 11.0 Å². The van der Waals surface area contributed by atoms with Crippen molar-refractivity contribution in [3.63, 3.8) is 0 Å². The number of methoxy groups -OCH3 is 1. The van der Waals surface area contributed by atoms with Gasteiger partial charge in [0.05, 0.1) is 53.8 Å². The zero-order valence-corrected chi connectivity index (χ0v) is 25.0. The highest BCUT2D eigenvalue weighted by Gasteiger charge is 2.31. The largest absolute Gasteiger partial charge is 0.494 e. The molecule has 3 heterocycles. The lowest BCUT2D eigenvalue weighted by atomic mass is 9.49. The molecule has 4 N–H and O–H groups in total. The van der Waals surface area contributed by atoms with Gasteiger partial charge in [0.25, 0.3) is 11.8 Å². The van der Waals surface area contributed by atoms with Gasteiger partial charge in [0.2, 0.25) is 5.91 Å². The van der Waals surface area contributed by atoms with E-state index in [2.05, 4.69) is 31.1 Å². The van der Waals surface area contributed by atoms with Gasteiger partial charge in [0.15, 0.2) is 17.3 Å². The van der Waals surface area contributed by atoms with Crippen molar-refractivity contribution < 1.29 is 24.2 Å². The fourth-order valence-electron chi connectivity index (χ4n) is 4.97. The highest BCUT2D eigenvalue weighted by molar-refractivity contribution is 7.17. The first-order chi connectivity index (χ1) is 21.1. The molecule has 6 radical (unpaired) electrons. The molecule has 1 saturated carbocycles. The van der Waals surface area contributed by atoms with Crippen LogP contribution < -0.4 is 20.7 Å². The van der Waals surface area contributed by atoms with Crippen LogP contribution >= 0.6 is 11.3 Å². The van der Waals surface area contributed by atoms with Crippen molar-refractivity contribution >= 4 is 69.8 Å². The number of carbonyl (C=O) groups is 3. The zero-order valence-electron chi connectivity index (χ0n) is 24.2. The molecule has 44 heavy (non-hydrogen) atoms. The highest BCUT2D eigenvalue weighted by Crippen LogP contribution is 2.40. The van der Waals surface area contributed by atoms with E-state index < -0.39 is 11.1 Å². The van der Waals surface area contributed by atoms with Crippen LogP contribution in [-0.4, -0.2) is 98.5 Å². The summed E-state index contributed by atoms with van der Waals surface area (Å²) in [5.74, 6) is -0.186. The number of ether oxygens (including phenoxy) is 1. The molecule has 5 rings (SSSR count). The number of aliphatic hydroxyl groups is 1. The number of aromatic nitrogens is 3. The van der Waals surface area contributed by atoms with Crippen LogP contribution in [0.25, 0.3) is 10.6 Å². The van der Waals surface area contributed by atoms with Crippen LogP contribution in [0.5, 0.6) is 5.75 Å². The predicted molar refractivity (Wildman–Crippen MR) is 169 cm³/mol. The van der Waals surface area contributed by atoms with E-state index in [1.54, 1.807) is 18.3 Å². The molecule has 1 aliphatic heterocycles. The lowest BCUT2D eigenvalue weighted by Crippen LogP contribution is -2.50. The Morgan fingerprint density at radius 2 is 1.86 bits per heavy atom. The van der Waals surface area contributed by atoms with Crippen molar-refractivity contribution in [2.75, 3.05) is 37.4 Å². The lowest BCUT2D eigenvalue weighted by molar-refractivity contribution is -0.117. The Morgan fingerprint density at radius 3 is 2.52 bits per heavy atom. The zero-order chi connectivity index (χ0) is 31.4. The van der Waals surface area contributed by atoms with Gasteiger partial charge in [-0.2, -0.15) is 0 Å². The number of amides is 3. The van der Waals surface area contributed by atoms with Gasteiger partial charge in [-0.1, -0.05) is 11.3 Å². The maximum absolute atomic E-state index is 13.2. The molecule has 1 aromatic carbocycles. The van der Waals surface area contributed by atoms with Crippen molar-refractivity contribution in [1.29, 1.82) is 0 Å². The second-order valence-corrected chi connectivity index (χ2v) is 12.0. The van der Waals surface area contributed by atoms with Crippen LogP contribution in [0.4, 0.5) is 17.2 Å². The fraction of sp³-hybridized carbons (Fsp3) is 0.429. The average Bonchev–Trinajstić information content (AvgIpc) is 3.73. The Balaban J connectivity index is 1.41. The van der Waals surface area contributed by atoms with Crippen molar-refractivity contribution in [2.24, 2.45) is 11.8 Å². The smallest absolute Gasteiger partial charge is 0.272 e. The molecule has 1 aliphatic carbocycles. The second-order valence-electron chi connectivity index (χ2n) is 10.9. The summed E-state index contributed by atoms with van der Waals surface area (Å²) < 4.78 is 5.76. The number of likely N-dealkylation sites (tertiary alicyclic amines) is 1. The van der Waals surface area contributed by atoms with E-state index in [4.69, 9.17) is 28.3 Å².